The molecule has 2 fully saturated rings. The van der Waals surface area contributed by atoms with E-state index in [0.29, 0.717) is 23.9 Å². The maximum absolute atomic E-state index is 10.1. The molecule has 1 unspecified atom stereocenters. The van der Waals surface area contributed by atoms with Crippen LogP contribution in [-0.4, -0.2) is 82.1 Å². The normalized spacial score (nSPS) is 22.8. The third kappa shape index (κ3) is 6.43. The van der Waals surface area contributed by atoms with Gasteiger partial charge in [-0.2, -0.15) is 0 Å². The summed E-state index contributed by atoms with van der Waals surface area (Å²) in [7, 11) is 4.32. The van der Waals surface area contributed by atoms with E-state index < -0.39 is 0 Å². The van der Waals surface area contributed by atoms with Crippen LogP contribution in [0.1, 0.15) is 81.9 Å². The standard InChI is InChI=1S/C34H50N6O/c1-7-10-32(40-21-24(3)35-25(4)22-40)33-29(8-2)36-31-19-26(13-14-30(31)37-33)23-39-17-15-34(16-18-39,38(5)6)27-11-9-12-28(41)20-27/h9,11-14,19-20,24-25,32,35,41H,7-8,10,15-18,21-23H2,1-6H3/t24-,25+,32?. The number of rotatable bonds is 9. The van der Waals surface area contributed by atoms with Crippen molar-refractivity contribution in [2.24, 2.45) is 0 Å². The van der Waals surface area contributed by atoms with Crippen molar-refractivity contribution in [3.05, 3.63) is 65.0 Å². The second-order valence-electron chi connectivity index (χ2n) is 12.7. The number of aromatic nitrogens is 2. The summed E-state index contributed by atoms with van der Waals surface area (Å²) in [6, 6.07) is 15.8. The quantitative estimate of drug-likeness (QED) is 0.361. The summed E-state index contributed by atoms with van der Waals surface area (Å²) in [6.45, 7) is 14.1. The van der Waals surface area contributed by atoms with Crippen molar-refractivity contribution in [1.82, 2.24) is 30.0 Å². The molecule has 0 radical (unpaired) electrons. The fourth-order valence-corrected chi connectivity index (χ4v) is 7.29. The molecule has 0 bridgehead atoms. The summed E-state index contributed by atoms with van der Waals surface area (Å²) in [5.74, 6) is 0.344. The molecule has 3 aromatic rings. The van der Waals surface area contributed by atoms with Gasteiger partial charge in [-0.25, -0.2) is 9.97 Å². The first-order valence-electron chi connectivity index (χ1n) is 15.7. The number of fused-ring (bicyclic) bond motifs is 1. The highest BCUT2D eigenvalue weighted by atomic mass is 16.3. The lowest BCUT2D eigenvalue weighted by molar-refractivity contribution is 0.0506. The third-order valence-corrected chi connectivity index (χ3v) is 9.40. The molecule has 222 valence electrons. The molecule has 0 amide bonds. The zero-order chi connectivity index (χ0) is 29.1. The molecule has 2 saturated heterocycles. The van der Waals surface area contributed by atoms with Crippen molar-refractivity contribution in [1.29, 1.82) is 0 Å². The van der Waals surface area contributed by atoms with Crippen molar-refractivity contribution >= 4 is 11.0 Å². The lowest BCUT2D eigenvalue weighted by Crippen LogP contribution is -2.55. The number of aromatic hydroxyl groups is 1. The lowest BCUT2D eigenvalue weighted by atomic mass is 9.79. The highest BCUT2D eigenvalue weighted by Crippen LogP contribution is 2.39. The Hall–Kier alpha value is -2.58. The lowest BCUT2D eigenvalue weighted by Gasteiger charge is -2.46. The number of nitrogens with one attached hydrogen (secondary N) is 1. The molecule has 2 N–H and O–H groups in total. The van der Waals surface area contributed by atoms with Crippen LogP contribution in [-0.2, 0) is 18.5 Å². The molecule has 3 heterocycles. The van der Waals surface area contributed by atoms with Gasteiger partial charge in [0, 0.05) is 50.3 Å². The average molecular weight is 559 g/mol. The maximum Gasteiger partial charge on any atom is 0.115 e. The van der Waals surface area contributed by atoms with Crippen LogP contribution in [0.5, 0.6) is 5.75 Å². The number of hydrogen-bond acceptors (Lipinski definition) is 7. The van der Waals surface area contributed by atoms with Gasteiger partial charge in [0.2, 0.25) is 0 Å². The summed E-state index contributed by atoms with van der Waals surface area (Å²) in [4.78, 5) is 18.0. The molecule has 0 spiro atoms. The number of likely N-dealkylation sites (tertiary alicyclic amines) is 1. The first-order valence-corrected chi connectivity index (χ1v) is 15.7. The molecule has 0 aliphatic carbocycles. The minimum Gasteiger partial charge on any atom is -0.508 e. The second-order valence-corrected chi connectivity index (χ2v) is 12.7. The molecule has 2 aliphatic heterocycles. The Bertz CT molecular complexity index is 1310. The highest BCUT2D eigenvalue weighted by molar-refractivity contribution is 5.75. The number of phenols is 1. The van der Waals surface area contributed by atoms with Gasteiger partial charge in [0.05, 0.1) is 28.5 Å². The second kappa shape index (κ2) is 12.7. The van der Waals surface area contributed by atoms with Crippen LogP contribution < -0.4 is 5.32 Å². The van der Waals surface area contributed by atoms with Crippen molar-refractivity contribution in [3.8, 4) is 5.75 Å². The molecule has 5 rings (SSSR count). The predicted molar refractivity (Wildman–Crippen MR) is 168 cm³/mol. The summed E-state index contributed by atoms with van der Waals surface area (Å²) in [5, 5.41) is 13.8. The molecule has 3 atom stereocenters. The summed E-state index contributed by atoms with van der Waals surface area (Å²) in [5.41, 5.74) is 6.80. The zero-order valence-corrected chi connectivity index (χ0v) is 26.0. The Balaban J connectivity index is 1.34. The topological polar surface area (TPSA) is 67.8 Å². The number of hydrogen-bond donors (Lipinski definition) is 2. The molecule has 2 aromatic carbocycles. The Morgan fingerprint density at radius 3 is 2.37 bits per heavy atom. The van der Waals surface area contributed by atoms with Crippen molar-refractivity contribution in [2.45, 2.75) is 90.0 Å². The van der Waals surface area contributed by atoms with Gasteiger partial charge < -0.3 is 10.4 Å². The van der Waals surface area contributed by atoms with E-state index >= 15 is 0 Å². The average Bonchev–Trinajstić information content (AvgIpc) is 2.95. The van der Waals surface area contributed by atoms with Crippen molar-refractivity contribution in [2.75, 3.05) is 40.3 Å². The van der Waals surface area contributed by atoms with Crippen LogP contribution in [0, 0.1) is 0 Å². The number of benzene rings is 2. The minimum absolute atomic E-state index is 0.0500. The summed E-state index contributed by atoms with van der Waals surface area (Å²) in [6.07, 6.45) is 5.20. The largest absolute Gasteiger partial charge is 0.508 e. The number of piperazine rings is 1. The van der Waals surface area contributed by atoms with Crippen LogP contribution in [0.4, 0.5) is 0 Å². The fourth-order valence-electron chi connectivity index (χ4n) is 7.29. The van der Waals surface area contributed by atoms with Gasteiger partial charge in [0.25, 0.3) is 0 Å². The van der Waals surface area contributed by atoms with E-state index in [0.717, 1.165) is 81.6 Å². The first-order chi connectivity index (χ1) is 19.7. The van der Waals surface area contributed by atoms with E-state index in [2.05, 4.69) is 86.1 Å². The van der Waals surface area contributed by atoms with Crippen LogP contribution >= 0.6 is 0 Å². The van der Waals surface area contributed by atoms with E-state index in [1.54, 1.807) is 6.07 Å². The van der Waals surface area contributed by atoms with Crippen LogP contribution in [0.25, 0.3) is 11.0 Å². The van der Waals surface area contributed by atoms with Gasteiger partial charge in [0.1, 0.15) is 5.75 Å². The molecular weight excluding hydrogens is 508 g/mol. The van der Waals surface area contributed by atoms with Crippen LogP contribution in [0.2, 0.25) is 0 Å². The van der Waals surface area contributed by atoms with Gasteiger partial charge >= 0.3 is 0 Å². The van der Waals surface area contributed by atoms with E-state index in [1.165, 1.54) is 16.8 Å². The maximum atomic E-state index is 10.1. The fraction of sp³-hybridized carbons (Fsp3) is 0.588. The molecule has 7 nitrogen and oxygen atoms in total. The van der Waals surface area contributed by atoms with Crippen LogP contribution in [0.15, 0.2) is 42.5 Å². The molecule has 7 heteroatoms. The number of piperidine rings is 1. The smallest absolute Gasteiger partial charge is 0.115 e. The Morgan fingerprint density at radius 2 is 1.73 bits per heavy atom. The monoisotopic (exact) mass is 558 g/mol. The molecular formula is C34H50N6O. The van der Waals surface area contributed by atoms with Crippen LogP contribution in [0.3, 0.4) is 0 Å². The Labute approximate surface area is 247 Å². The third-order valence-electron chi connectivity index (χ3n) is 9.40. The Morgan fingerprint density at radius 1 is 1.00 bits per heavy atom. The highest BCUT2D eigenvalue weighted by Gasteiger charge is 2.38. The molecule has 0 saturated carbocycles. The van der Waals surface area contributed by atoms with Crippen molar-refractivity contribution < 1.29 is 5.11 Å². The zero-order valence-electron chi connectivity index (χ0n) is 26.0. The molecule has 41 heavy (non-hydrogen) atoms. The van der Waals surface area contributed by atoms with Gasteiger partial charge in [-0.1, -0.05) is 38.5 Å². The van der Waals surface area contributed by atoms with Gasteiger partial charge in [-0.05, 0) is 89.0 Å². The van der Waals surface area contributed by atoms with E-state index in [4.69, 9.17) is 9.97 Å². The van der Waals surface area contributed by atoms with E-state index in [9.17, 15) is 5.11 Å². The number of aryl methyl sites for hydroxylation is 1. The summed E-state index contributed by atoms with van der Waals surface area (Å²) >= 11 is 0. The van der Waals surface area contributed by atoms with Gasteiger partial charge in [0.15, 0.2) is 0 Å². The first kappa shape index (κ1) is 29.9. The molecule has 1 aromatic heterocycles. The SMILES string of the molecule is CCCC(c1nc2ccc(CN3CCC(c4cccc(O)c4)(N(C)C)CC3)cc2nc1CC)N1C[C@@H](C)N[C@@H](C)C1. The van der Waals surface area contributed by atoms with E-state index in [1.807, 2.05) is 12.1 Å². The minimum atomic E-state index is -0.0500. The van der Waals surface area contributed by atoms with Crippen molar-refractivity contribution in [3.63, 3.8) is 0 Å². The van der Waals surface area contributed by atoms with Gasteiger partial charge in [-0.15, -0.1) is 0 Å². The summed E-state index contributed by atoms with van der Waals surface area (Å²) < 4.78 is 0. The van der Waals surface area contributed by atoms with Gasteiger partial charge in [-0.3, -0.25) is 14.7 Å². The number of nitrogens with zero attached hydrogens (tertiary/aromatic N) is 5. The Kier molecular flexibility index (Phi) is 9.29. The predicted octanol–water partition coefficient (Wildman–Crippen LogP) is 5.47. The number of phenolic OH excluding ortho intramolecular Hbond substituents is 1. The van der Waals surface area contributed by atoms with E-state index in [-0.39, 0.29) is 5.54 Å². The molecule has 2 aliphatic rings.